The molecule has 5 aliphatic carbocycles. The molecule has 2 nitrogen and oxygen atoms in total. The lowest BCUT2D eigenvalue weighted by Crippen LogP contribution is -2.64. The Kier molecular flexibility index (Phi) is 5.26. The largest absolute Gasteiger partial charge is 0.462 e. The molecular weight excluding hydrogens is 416 g/mol. The highest BCUT2D eigenvalue weighted by atomic mass is 16.5. The Bertz CT molecular complexity index is 939. The molecule has 8 atom stereocenters. The Morgan fingerprint density at radius 3 is 2.26 bits per heavy atom. The van der Waals surface area contributed by atoms with E-state index < -0.39 is 0 Å². The van der Waals surface area contributed by atoms with Crippen molar-refractivity contribution in [2.45, 2.75) is 120 Å². The molecule has 190 valence electrons. The van der Waals surface area contributed by atoms with Crippen LogP contribution in [0.1, 0.15) is 114 Å². The van der Waals surface area contributed by atoms with Crippen molar-refractivity contribution in [2.75, 3.05) is 0 Å². The Labute approximate surface area is 209 Å². The van der Waals surface area contributed by atoms with E-state index in [-0.39, 0.29) is 17.5 Å². The van der Waals surface area contributed by atoms with Crippen LogP contribution in [-0.2, 0) is 9.53 Å². The third-order valence-corrected chi connectivity index (χ3v) is 12.7. The van der Waals surface area contributed by atoms with Crippen molar-refractivity contribution >= 4 is 5.97 Å². The number of allylic oxidation sites excluding steroid dienone is 4. The maximum atomic E-state index is 11.9. The van der Waals surface area contributed by atoms with Crippen LogP contribution in [0.25, 0.3) is 0 Å². The van der Waals surface area contributed by atoms with Crippen LogP contribution in [0.3, 0.4) is 0 Å². The molecule has 0 aromatic carbocycles. The molecule has 0 unspecified atom stereocenters. The van der Waals surface area contributed by atoms with Gasteiger partial charge < -0.3 is 4.74 Å². The second kappa shape index (κ2) is 7.25. The summed E-state index contributed by atoms with van der Waals surface area (Å²) in [4.78, 5) is 11.9. The minimum Gasteiger partial charge on any atom is -0.462 e. The van der Waals surface area contributed by atoms with Crippen LogP contribution in [0.5, 0.6) is 0 Å². The maximum Gasteiger partial charge on any atom is 0.302 e. The SMILES string of the molecule is CC(=O)O[C@H]1CC[C@]2(C)[C@H]3CC=C4[C@@H]5CC(C)(C)C=C[C@]5(C)CC[C@@]4(C)[C@]3(C)CC[C@H]2C1(C)C. The standard InChI is InChI=1S/C32H50O2/c1-21(33)34-26-13-14-30(7)24(28(26,4)5)12-15-32(9)25(30)11-10-22-23-20-27(2,3)16-17-29(23,6)18-19-31(22,32)8/h10,16-17,23-26H,11-15,18-20H2,1-9H3/t23-,24-,25+,26-,29+,30-,31+,32+/m0/s1. The first-order chi connectivity index (χ1) is 15.6. The third-order valence-electron chi connectivity index (χ3n) is 12.7. The third kappa shape index (κ3) is 3.15. The van der Waals surface area contributed by atoms with E-state index in [4.69, 9.17) is 4.74 Å². The number of rotatable bonds is 1. The van der Waals surface area contributed by atoms with E-state index in [1.807, 2.05) is 5.57 Å². The summed E-state index contributed by atoms with van der Waals surface area (Å²) < 4.78 is 5.90. The zero-order chi connectivity index (χ0) is 24.9. The summed E-state index contributed by atoms with van der Waals surface area (Å²) in [6, 6.07) is 0. The Balaban J connectivity index is 1.54. The fourth-order valence-corrected chi connectivity index (χ4v) is 10.5. The Hall–Kier alpha value is -1.05. The molecule has 0 spiro atoms. The molecule has 5 rings (SSSR count). The predicted octanol–water partition coefficient (Wildman–Crippen LogP) is 8.52. The maximum absolute atomic E-state index is 11.9. The highest BCUT2D eigenvalue weighted by Crippen LogP contribution is 2.75. The Morgan fingerprint density at radius 2 is 1.59 bits per heavy atom. The van der Waals surface area contributed by atoms with Crippen molar-refractivity contribution in [1.29, 1.82) is 0 Å². The fraction of sp³-hybridized carbons (Fsp3) is 0.844. The van der Waals surface area contributed by atoms with E-state index in [2.05, 4.69) is 73.6 Å². The van der Waals surface area contributed by atoms with E-state index in [0.717, 1.165) is 6.42 Å². The molecule has 0 aliphatic heterocycles. The van der Waals surface area contributed by atoms with E-state index >= 15 is 0 Å². The van der Waals surface area contributed by atoms with Crippen molar-refractivity contribution in [3.63, 3.8) is 0 Å². The van der Waals surface area contributed by atoms with Gasteiger partial charge in [0.25, 0.3) is 0 Å². The van der Waals surface area contributed by atoms with Gasteiger partial charge in [-0.1, -0.05) is 79.2 Å². The van der Waals surface area contributed by atoms with Gasteiger partial charge in [-0.05, 0) is 96.2 Å². The lowest BCUT2D eigenvalue weighted by Gasteiger charge is -2.71. The van der Waals surface area contributed by atoms with Gasteiger partial charge in [0.05, 0.1) is 0 Å². The molecule has 0 radical (unpaired) electrons. The van der Waals surface area contributed by atoms with Crippen LogP contribution in [-0.4, -0.2) is 12.1 Å². The van der Waals surface area contributed by atoms with Gasteiger partial charge in [-0.15, -0.1) is 0 Å². The van der Waals surface area contributed by atoms with Crippen molar-refractivity contribution in [3.05, 3.63) is 23.8 Å². The quantitative estimate of drug-likeness (QED) is 0.286. The van der Waals surface area contributed by atoms with E-state index in [0.29, 0.717) is 44.8 Å². The second-order valence-corrected chi connectivity index (χ2v) is 15.3. The molecule has 3 fully saturated rings. The predicted molar refractivity (Wildman–Crippen MR) is 140 cm³/mol. The number of esters is 1. The normalized spacial score (nSPS) is 50.7. The molecule has 0 heterocycles. The summed E-state index contributed by atoms with van der Waals surface area (Å²) in [7, 11) is 0. The summed E-state index contributed by atoms with van der Waals surface area (Å²) in [5.41, 5.74) is 3.43. The van der Waals surface area contributed by atoms with Crippen LogP contribution in [0.2, 0.25) is 0 Å². The van der Waals surface area contributed by atoms with Crippen molar-refractivity contribution in [3.8, 4) is 0 Å². The summed E-state index contributed by atoms with van der Waals surface area (Å²) in [5.74, 6) is 1.89. The second-order valence-electron chi connectivity index (χ2n) is 15.3. The average molecular weight is 467 g/mol. The highest BCUT2D eigenvalue weighted by Gasteiger charge is 2.67. The minimum atomic E-state index is -0.116. The van der Waals surface area contributed by atoms with Gasteiger partial charge in [0.2, 0.25) is 0 Å². The lowest BCUT2D eigenvalue weighted by atomic mass is 9.34. The zero-order valence-corrected chi connectivity index (χ0v) is 23.5. The van der Waals surface area contributed by atoms with Gasteiger partial charge in [-0.2, -0.15) is 0 Å². The number of hydrogen-bond acceptors (Lipinski definition) is 2. The number of ether oxygens (including phenoxy) is 1. The first kappa shape index (κ1) is 24.6. The molecular formula is C32H50O2. The molecule has 3 saturated carbocycles. The van der Waals surface area contributed by atoms with Crippen LogP contribution in [0, 0.1) is 50.2 Å². The van der Waals surface area contributed by atoms with Crippen molar-refractivity contribution in [1.82, 2.24) is 0 Å². The zero-order valence-electron chi connectivity index (χ0n) is 23.5. The summed E-state index contributed by atoms with van der Waals surface area (Å²) >= 11 is 0. The van der Waals surface area contributed by atoms with Gasteiger partial charge >= 0.3 is 5.97 Å². The molecule has 0 bridgehead atoms. The van der Waals surface area contributed by atoms with Gasteiger partial charge in [-0.3, -0.25) is 4.79 Å². The summed E-state index contributed by atoms with van der Waals surface area (Å²) in [6.45, 7) is 21.7. The van der Waals surface area contributed by atoms with Crippen LogP contribution in [0.15, 0.2) is 23.8 Å². The molecule has 0 saturated heterocycles. The number of carbonyl (C=O) groups is 1. The van der Waals surface area contributed by atoms with Gasteiger partial charge in [0.1, 0.15) is 6.10 Å². The van der Waals surface area contributed by atoms with Crippen molar-refractivity contribution in [2.24, 2.45) is 50.2 Å². The molecule has 34 heavy (non-hydrogen) atoms. The topological polar surface area (TPSA) is 26.3 Å². The van der Waals surface area contributed by atoms with E-state index in [9.17, 15) is 4.79 Å². The van der Waals surface area contributed by atoms with Gasteiger partial charge in [-0.25, -0.2) is 0 Å². The number of carbonyl (C=O) groups excluding carboxylic acids is 1. The molecule has 5 aliphatic rings. The Morgan fingerprint density at radius 1 is 0.882 bits per heavy atom. The van der Waals surface area contributed by atoms with Gasteiger partial charge in [0, 0.05) is 12.3 Å². The van der Waals surface area contributed by atoms with E-state index in [1.54, 1.807) is 6.92 Å². The molecule has 0 amide bonds. The molecule has 0 aromatic rings. The molecule has 0 aromatic heterocycles. The summed E-state index contributed by atoms with van der Waals surface area (Å²) in [5, 5.41) is 0. The van der Waals surface area contributed by atoms with E-state index in [1.165, 1.54) is 44.9 Å². The minimum absolute atomic E-state index is 0.0359. The van der Waals surface area contributed by atoms with Crippen molar-refractivity contribution < 1.29 is 9.53 Å². The smallest absolute Gasteiger partial charge is 0.302 e. The van der Waals surface area contributed by atoms with Gasteiger partial charge in [0.15, 0.2) is 0 Å². The van der Waals surface area contributed by atoms with Crippen LogP contribution >= 0.6 is 0 Å². The molecule has 2 heteroatoms. The lowest BCUT2D eigenvalue weighted by molar-refractivity contribution is -0.210. The average Bonchev–Trinajstić information content (AvgIpc) is 2.72. The first-order valence-corrected chi connectivity index (χ1v) is 14.2. The fourth-order valence-electron chi connectivity index (χ4n) is 10.5. The number of fused-ring (bicyclic) bond motifs is 7. The monoisotopic (exact) mass is 466 g/mol. The number of hydrogen-bond donors (Lipinski definition) is 0. The molecule has 0 N–H and O–H groups in total. The summed E-state index contributed by atoms with van der Waals surface area (Å²) in [6.07, 6.45) is 17.9. The van der Waals surface area contributed by atoms with Crippen LogP contribution < -0.4 is 0 Å². The first-order valence-electron chi connectivity index (χ1n) is 14.2. The highest BCUT2D eigenvalue weighted by molar-refractivity contribution is 5.66. The van der Waals surface area contributed by atoms with Crippen LogP contribution in [0.4, 0.5) is 0 Å².